The molecule has 0 saturated heterocycles. The fraction of sp³-hybridized carbons (Fsp3) is 0.632. The maximum Gasteiger partial charge on any atom is 0.210 e. The first-order chi connectivity index (χ1) is 11.9. The Labute approximate surface area is 162 Å². The van der Waals surface area contributed by atoms with Gasteiger partial charge in [0.25, 0.3) is 0 Å². The predicted molar refractivity (Wildman–Crippen MR) is 111 cm³/mol. The molecule has 0 spiro atoms. The quantitative estimate of drug-likeness (QED) is 0.630. The molecule has 1 aliphatic carbocycles. The van der Waals surface area contributed by atoms with E-state index in [1.54, 1.807) is 0 Å². The Morgan fingerprint density at radius 3 is 2.46 bits per heavy atom. The van der Waals surface area contributed by atoms with Crippen LogP contribution in [-0.2, 0) is 14.3 Å². The van der Waals surface area contributed by atoms with E-state index in [9.17, 15) is 8.42 Å². The molecule has 4 nitrogen and oxygen atoms in total. The molecule has 1 saturated carbocycles. The highest BCUT2D eigenvalue weighted by atomic mass is 32.2. The summed E-state index contributed by atoms with van der Waals surface area (Å²) < 4.78 is 33.1. The van der Waals surface area contributed by atoms with Crippen molar-refractivity contribution in [1.82, 2.24) is 4.98 Å². The number of rotatable bonds is 6. The van der Waals surface area contributed by atoms with Crippen LogP contribution in [0.1, 0.15) is 27.7 Å². The molecule has 3 rings (SSSR count). The summed E-state index contributed by atoms with van der Waals surface area (Å²) in [5, 5.41) is 0.174. The standard InChI is InChI=1S/C19H29NO3S2Si/c1-13-14(11-23-26(5,6)19(2,3)4)15(13)12-25(21,22)18-20-16-9-7-8-10-17(16)24-18/h7-10,13-15H,11-12H2,1-6H3/t13-,14+,15+/m1/s1. The number of aromatic nitrogens is 1. The van der Waals surface area contributed by atoms with Crippen LogP contribution in [0.3, 0.4) is 0 Å². The lowest BCUT2D eigenvalue weighted by Crippen LogP contribution is -2.41. The largest absolute Gasteiger partial charge is 0.417 e. The van der Waals surface area contributed by atoms with Crippen LogP contribution < -0.4 is 0 Å². The fourth-order valence-corrected chi connectivity index (χ4v) is 7.18. The van der Waals surface area contributed by atoms with Crippen molar-refractivity contribution in [2.24, 2.45) is 17.8 Å². The minimum absolute atomic E-state index is 0.174. The molecule has 26 heavy (non-hydrogen) atoms. The summed E-state index contributed by atoms with van der Waals surface area (Å²) in [7, 11) is -5.14. The highest BCUT2D eigenvalue weighted by molar-refractivity contribution is 7.93. The smallest absolute Gasteiger partial charge is 0.210 e. The van der Waals surface area contributed by atoms with E-state index in [0.717, 1.165) is 10.2 Å². The van der Waals surface area contributed by atoms with Gasteiger partial charge in [-0.25, -0.2) is 13.4 Å². The topological polar surface area (TPSA) is 56.3 Å². The molecule has 1 heterocycles. The lowest BCUT2D eigenvalue weighted by Gasteiger charge is -2.36. The van der Waals surface area contributed by atoms with E-state index >= 15 is 0 Å². The van der Waals surface area contributed by atoms with Crippen molar-refractivity contribution >= 4 is 39.7 Å². The zero-order chi connectivity index (χ0) is 19.3. The van der Waals surface area contributed by atoms with Gasteiger partial charge in [-0.05, 0) is 48.0 Å². The second-order valence-corrected chi connectivity index (χ2v) is 17.0. The second-order valence-electron chi connectivity index (χ2n) is 8.99. The molecule has 0 aliphatic heterocycles. The Morgan fingerprint density at radius 2 is 1.85 bits per heavy atom. The van der Waals surface area contributed by atoms with Crippen LogP contribution in [0.15, 0.2) is 28.6 Å². The van der Waals surface area contributed by atoms with Gasteiger partial charge in [0.1, 0.15) is 0 Å². The summed E-state index contributed by atoms with van der Waals surface area (Å²) in [6, 6.07) is 7.58. The summed E-state index contributed by atoms with van der Waals surface area (Å²) in [5.74, 6) is 1.09. The van der Waals surface area contributed by atoms with E-state index < -0.39 is 18.2 Å². The van der Waals surface area contributed by atoms with Crippen LogP contribution in [0.4, 0.5) is 0 Å². The van der Waals surface area contributed by atoms with Gasteiger partial charge in [0.05, 0.1) is 16.0 Å². The number of nitrogens with zero attached hydrogens (tertiary/aromatic N) is 1. The zero-order valence-electron chi connectivity index (χ0n) is 16.4. The molecule has 3 atom stereocenters. The molecule has 1 fully saturated rings. The third-order valence-electron chi connectivity index (χ3n) is 6.15. The van der Waals surface area contributed by atoms with Crippen molar-refractivity contribution < 1.29 is 12.8 Å². The van der Waals surface area contributed by atoms with Gasteiger partial charge in [0, 0.05) is 6.61 Å². The third kappa shape index (κ3) is 3.91. The molecule has 0 N–H and O–H groups in total. The first-order valence-corrected chi connectivity index (χ1v) is 14.5. The molecular weight excluding hydrogens is 382 g/mol. The number of fused-ring (bicyclic) bond motifs is 1. The summed E-state index contributed by atoms with van der Waals surface area (Å²) >= 11 is 1.27. The Balaban J connectivity index is 1.65. The molecule has 144 valence electrons. The summed E-state index contributed by atoms with van der Waals surface area (Å²) in [6.07, 6.45) is 0. The third-order valence-corrected chi connectivity index (χ3v) is 13.9. The summed E-state index contributed by atoms with van der Waals surface area (Å²) in [5.41, 5.74) is 0.762. The lowest BCUT2D eigenvalue weighted by atomic mass is 10.2. The van der Waals surface area contributed by atoms with Crippen LogP contribution in [0.25, 0.3) is 10.2 Å². The molecule has 7 heteroatoms. The maximum absolute atomic E-state index is 12.8. The normalized spacial score (nSPS) is 24.2. The monoisotopic (exact) mass is 411 g/mol. The van der Waals surface area contributed by atoms with E-state index in [-0.39, 0.29) is 21.0 Å². The van der Waals surface area contributed by atoms with E-state index in [2.05, 4.69) is 45.8 Å². The molecule has 1 aromatic heterocycles. The summed E-state index contributed by atoms with van der Waals surface area (Å²) in [6.45, 7) is 14.0. The Kier molecular flexibility index (Phi) is 5.14. The molecule has 0 bridgehead atoms. The minimum Gasteiger partial charge on any atom is -0.417 e. The number of para-hydroxylation sites is 1. The molecule has 0 unspecified atom stereocenters. The van der Waals surface area contributed by atoms with Crippen molar-refractivity contribution in [1.29, 1.82) is 0 Å². The number of hydrogen-bond donors (Lipinski definition) is 0. The van der Waals surface area contributed by atoms with Crippen LogP contribution in [0, 0.1) is 17.8 Å². The van der Waals surface area contributed by atoms with Crippen LogP contribution in [-0.4, -0.2) is 34.1 Å². The Bertz CT molecular complexity index is 866. The van der Waals surface area contributed by atoms with Crippen molar-refractivity contribution in [2.45, 2.75) is 50.2 Å². The second kappa shape index (κ2) is 6.69. The van der Waals surface area contributed by atoms with E-state index in [0.29, 0.717) is 18.4 Å². The molecule has 2 aromatic rings. The van der Waals surface area contributed by atoms with Crippen molar-refractivity contribution in [3.05, 3.63) is 24.3 Å². The van der Waals surface area contributed by atoms with Gasteiger partial charge < -0.3 is 4.43 Å². The van der Waals surface area contributed by atoms with Crippen LogP contribution in [0.2, 0.25) is 18.1 Å². The van der Waals surface area contributed by atoms with Crippen LogP contribution >= 0.6 is 11.3 Å². The molecule has 0 amide bonds. The number of benzene rings is 1. The first-order valence-electron chi connectivity index (χ1n) is 9.15. The van der Waals surface area contributed by atoms with Crippen molar-refractivity contribution in [2.75, 3.05) is 12.4 Å². The van der Waals surface area contributed by atoms with Gasteiger partial charge in [0.15, 0.2) is 8.32 Å². The average molecular weight is 412 g/mol. The minimum atomic E-state index is -3.34. The van der Waals surface area contributed by atoms with Gasteiger partial charge >= 0.3 is 0 Å². The predicted octanol–water partition coefficient (Wildman–Crippen LogP) is 4.97. The van der Waals surface area contributed by atoms with Crippen LogP contribution in [0.5, 0.6) is 0 Å². The number of hydrogen-bond acceptors (Lipinski definition) is 5. The highest BCUT2D eigenvalue weighted by Gasteiger charge is 2.50. The first kappa shape index (κ1) is 20.0. The maximum atomic E-state index is 12.8. The zero-order valence-corrected chi connectivity index (χ0v) is 19.1. The van der Waals surface area contributed by atoms with Gasteiger partial charge in [-0.1, -0.05) is 39.8 Å². The fourth-order valence-electron chi connectivity index (χ4n) is 3.02. The molecular formula is C19H29NO3S2Si. The number of sulfone groups is 1. The van der Waals surface area contributed by atoms with Crippen molar-refractivity contribution in [3.8, 4) is 0 Å². The van der Waals surface area contributed by atoms with Gasteiger partial charge in [-0.2, -0.15) is 0 Å². The van der Waals surface area contributed by atoms with Gasteiger partial charge in [0.2, 0.25) is 14.2 Å². The number of thiazole rings is 1. The SMILES string of the molecule is C[C@@H]1[C@H](CO[Si](C)(C)C(C)(C)C)[C@H]1CS(=O)(=O)c1nc2ccccc2s1. The summed E-state index contributed by atoms with van der Waals surface area (Å²) in [4.78, 5) is 4.34. The van der Waals surface area contributed by atoms with E-state index in [1.807, 2.05) is 24.3 Å². The highest BCUT2D eigenvalue weighted by Crippen LogP contribution is 2.49. The molecule has 0 radical (unpaired) electrons. The Hall–Kier alpha value is -0.763. The van der Waals surface area contributed by atoms with Gasteiger partial charge in [-0.15, -0.1) is 11.3 Å². The van der Waals surface area contributed by atoms with E-state index in [1.165, 1.54) is 11.3 Å². The van der Waals surface area contributed by atoms with E-state index in [4.69, 9.17) is 4.43 Å². The molecule has 1 aliphatic rings. The molecule has 1 aromatic carbocycles. The Morgan fingerprint density at radius 1 is 1.19 bits per heavy atom. The van der Waals surface area contributed by atoms with Gasteiger partial charge in [-0.3, -0.25) is 0 Å². The van der Waals surface area contributed by atoms with Crippen molar-refractivity contribution in [3.63, 3.8) is 0 Å². The lowest BCUT2D eigenvalue weighted by molar-refractivity contribution is 0.263. The average Bonchev–Trinajstić information content (AvgIpc) is 2.96.